The Morgan fingerprint density at radius 3 is 2.16 bits per heavy atom. The topological polar surface area (TPSA) is 92.5 Å². The molecule has 0 heterocycles. The Balaban J connectivity index is 2.02. The number of carbonyl (C=O) groups excluding carboxylic acids is 1. The minimum Gasteiger partial charge on any atom is -0.399 e. The molecule has 0 spiro atoms. The highest BCUT2D eigenvalue weighted by Crippen LogP contribution is 2.18. The third-order valence-electron chi connectivity index (χ3n) is 3.88. The minimum atomic E-state index is -3.45. The van der Waals surface area contributed by atoms with Gasteiger partial charge in [-0.1, -0.05) is 24.3 Å². The Morgan fingerprint density at radius 2 is 1.64 bits per heavy atom. The van der Waals surface area contributed by atoms with Gasteiger partial charge in [0.05, 0.1) is 17.4 Å². The van der Waals surface area contributed by atoms with Gasteiger partial charge >= 0.3 is 0 Å². The number of hydrogen-bond donors (Lipinski definition) is 2. The highest BCUT2D eigenvalue weighted by molar-refractivity contribution is 7.89. The molecule has 0 aliphatic rings. The number of nitrogens with one attached hydrogen (secondary N) is 1. The average molecular weight is 361 g/mol. The molecule has 2 aromatic carbocycles. The quantitative estimate of drug-likeness (QED) is 0.769. The largest absolute Gasteiger partial charge is 0.399 e. The van der Waals surface area contributed by atoms with Gasteiger partial charge in [-0.2, -0.15) is 0 Å². The summed E-state index contributed by atoms with van der Waals surface area (Å²) in [6.45, 7) is 1.86. The first-order valence-corrected chi connectivity index (χ1v) is 9.30. The molecule has 1 atom stereocenters. The van der Waals surface area contributed by atoms with E-state index in [1.54, 1.807) is 36.4 Å². The number of hydrogen-bond acceptors (Lipinski definition) is 4. The molecule has 7 heteroatoms. The van der Waals surface area contributed by atoms with Crippen LogP contribution in [0.4, 0.5) is 5.69 Å². The van der Waals surface area contributed by atoms with E-state index in [9.17, 15) is 13.2 Å². The van der Waals surface area contributed by atoms with Crippen LogP contribution in [0.15, 0.2) is 53.4 Å². The predicted octanol–water partition coefficient (Wildman–Crippen LogP) is 1.94. The Morgan fingerprint density at radius 1 is 1.08 bits per heavy atom. The summed E-state index contributed by atoms with van der Waals surface area (Å²) in [5, 5.41) is 2.91. The van der Waals surface area contributed by atoms with E-state index in [1.165, 1.54) is 18.4 Å². The fraction of sp³-hybridized carbons (Fsp3) is 0.278. The maximum atomic E-state index is 12.2. The summed E-state index contributed by atoms with van der Waals surface area (Å²) < 4.78 is 25.3. The second-order valence-electron chi connectivity index (χ2n) is 6.06. The molecule has 6 nitrogen and oxygen atoms in total. The van der Waals surface area contributed by atoms with Crippen LogP contribution in [0.1, 0.15) is 24.1 Å². The fourth-order valence-corrected chi connectivity index (χ4v) is 3.24. The molecule has 0 aliphatic heterocycles. The zero-order chi connectivity index (χ0) is 18.6. The van der Waals surface area contributed by atoms with Crippen LogP contribution in [0.25, 0.3) is 0 Å². The summed E-state index contributed by atoms with van der Waals surface area (Å²) in [7, 11) is -0.472. The lowest BCUT2D eigenvalue weighted by atomic mass is 10.1. The van der Waals surface area contributed by atoms with Crippen LogP contribution >= 0.6 is 0 Å². The first kappa shape index (κ1) is 19.0. The lowest BCUT2D eigenvalue weighted by Crippen LogP contribution is -2.28. The second kappa shape index (κ2) is 7.67. The Labute approximate surface area is 148 Å². The van der Waals surface area contributed by atoms with Crippen LogP contribution < -0.4 is 11.1 Å². The van der Waals surface area contributed by atoms with Crippen molar-refractivity contribution < 1.29 is 13.2 Å². The molecule has 134 valence electrons. The van der Waals surface area contributed by atoms with E-state index in [1.807, 2.05) is 19.1 Å². The van der Waals surface area contributed by atoms with Gasteiger partial charge < -0.3 is 11.1 Å². The summed E-state index contributed by atoms with van der Waals surface area (Å²) in [6.07, 6.45) is 0.262. The van der Waals surface area contributed by atoms with Gasteiger partial charge in [-0.15, -0.1) is 0 Å². The van der Waals surface area contributed by atoms with Crippen molar-refractivity contribution in [3.05, 3.63) is 59.7 Å². The highest BCUT2D eigenvalue weighted by atomic mass is 32.2. The van der Waals surface area contributed by atoms with Crippen LogP contribution in [-0.4, -0.2) is 32.7 Å². The predicted molar refractivity (Wildman–Crippen MR) is 98.4 cm³/mol. The molecule has 3 N–H and O–H groups in total. The average Bonchev–Trinajstić information content (AvgIpc) is 2.56. The lowest BCUT2D eigenvalue weighted by Gasteiger charge is -2.16. The fourth-order valence-electron chi connectivity index (χ4n) is 2.34. The zero-order valence-electron chi connectivity index (χ0n) is 14.6. The monoisotopic (exact) mass is 361 g/mol. The van der Waals surface area contributed by atoms with Gasteiger partial charge in [-0.05, 0) is 42.3 Å². The van der Waals surface area contributed by atoms with Gasteiger partial charge in [0.1, 0.15) is 0 Å². The minimum absolute atomic E-state index is 0.109. The van der Waals surface area contributed by atoms with E-state index in [0.717, 1.165) is 11.1 Å². The molecule has 2 rings (SSSR count). The third-order valence-corrected chi connectivity index (χ3v) is 5.71. The van der Waals surface area contributed by atoms with Crippen LogP contribution in [0.2, 0.25) is 0 Å². The van der Waals surface area contributed by atoms with E-state index < -0.39 is 10.0 Å². The normalized spacial score (nSPS) is 12.8. The van der Waals surface area contributed by atoms with E-state index >= 15 is 0 Å². The molecule has 0 fully saturated rings. The number of amides is 1. The van der Waals surface area contributed by atoms with E-state index in [4.69, 9.17) is 5.73 Å². The van der Waals surface area contributed by atoms with Crippen molar-refractivity contribution in [2.75, 3.05) is 19.8 Å². The summed E-state index contributed by atoms with van der Waals surface area (Å²) >= 11 is 0. The number of carbonyl (C=O) groups is 1. The van der Waals surface area contributed by atoms with Crippen LogP contribution in [0.5, 0.6) is 0 Å². The number of rotatable bonds is 6. The van der Waals surface area contributed by atoms with Crippen molar-refractivity contribution in [2.45, 2.75) is 24.3 Å². The molecule has 0 radical (unpaired) electrons. The first-order chi connectivity index (χ1) is 11.7. The van der Waals surface area contributed by atoms with Crippen molar-refractivity contribution >= 4 is 21.6 Å². The summed E-state index contributed by atoms with van der Waals surface area (Å²) in [4.78, 5) is 12.4. The summed E-state index contributed by atoms with van der Waals surface area (Å²) in [6, 6.07) is 13.5. The van der Waals surface area contributed by atoms with Gasteiger partial charge in [0.15, 0.2) is 0 Å². The molecule has 2 aromatic rings. The summed E-state index contributed by atoms with van der Waals surface area (Å²) in [5.74, 6) is -0.109. The van der Waals surface area contributed by atoms with Crippen molar-refractivity contribution in [3.8, 4) is 0 Å². The molecule has 0 aromatic heterocycles. The number of nitrogens with zero attached hydrogens (tertiary/aromatic N) is 1. The van der Waals surface area contributed by atoms with E-state index in [0.29, 0.717) is 5.69 Å². The SMILES string of the molecule is CC(NC(=O)Cc1ccc(N)cc1)c1ccc(S(=O)(=O)N(C)C)cc1. The van der Waals surface area contributed by atoms with E-state index in [-0.39, 0.29) is 23.3 Å². The number of benzene rings is 2. The van der Waals surface area contributed by atoms with Gasteiger partial charge in [0.2, 0.25) is 15.9 Å². The Hall–Kier alpha value is -2.38. The maximum absolute atomic E-state index is 12.2. The van der Waals surface area contributed by atoms with Crippen LogP contribution in [-0.2, 0) is 21.2 Å². The van der Waals surface area contributed by atoms with Crippen LogP contribution in [0.3, 0.4) is 0 Å². The molecule has 0 saturated carbocycles. The van der Waals surface area contributed by atoms with Gasteiger partial charge in [0.25, 0.3) is 0 Å². The van der Waals surface area contributed by atoms with Crippen molar-refractivity contribution in [1.29, 1.82) is 0 Å². The highest BCUT2D eigenvalue weighted by Gasteiger charge is 2.17. The number of anilines is 1. The van der Waals surface area contributed by atoms with Gasteiger partial charge in [0, 0.05) is 19.8 Å². The smallest absolute Gasteiger partial charge is 0.242 e. The molecule has 0 bridgehead atoms. The van der Waals surface area contributed by atoms with Gasteiger partial charge in [-0.3, -0.25) is 4.79 Å². The number of nitrogen functional groups attached to an aromatic ring is 1. The number of nitrogens with two attached hydrogens (primary N) is 1. The molecule has 1 amide bonds. The summed E-state index contributed by atoms with van der Waals surface area (Å²) in [5.41, 5.74) is 8.00. The van der Waals surface area contributed by atoms with Crippen molar-refractivity contribution in [1.82, 2.24) is 9.62 Å². The maximum Gasteiger partial charge on any atom is 0.242 e. The zero-order valence-corrected chi connectivity index (χ0v) is 15.4. The molecule has 25 heavy (non-hydrogen) atoms. The first-order valence-electron chi connectivity index (χ1n) is 7.86. The second-order valence-corrected chi connectivity index (χ2v) is 8.22. The standard InChI is InChI=1S/C18H23N3O3S/c1-13(20-18(22)12-14-4-8-16(19)9-5-14)15-6-10-17(11-7-15)25(23,24)21(2)3/h4-11,13H,12,19H2,1-3H3,(H,20,22). The Kier molecular flexibility index (Phi) is 5.81. The van der Waals surface area contributed by atoms with Crippen LogP contribution in [0, 0.1) is 0 Å². The molecule has 0 saturated heterocycles. The number of sulfonamides is 1. The van der Waals surface area contributed by atoms with E-state index in [2.05, 4.69) is 5.32 Å². The molecule has 0 aliphatic carbocycles. The van der Waals surface area contributed by atoms with Crippen molar-refractivity contribution in [3.63, 3.8) is 0 Å². The molecular formula is C18H23N3O3S. The van der Waals surface area contributed by atoms with Crippen molar-refractivity contribution in [2.24, 2.45) is 0 Å². The van der Waals surface area contributed by atoms with Gasteiger partial charge in [-0.25, -0.2) is 12.7 Å². The molecular weight excluding hydrogens is 338 g/mol. The Bertz CT molecular complexity index is 829. The third kappa shape index (κ3) is 4.80. The lowest BCUT2D eigenvalue weighted by molar-refractivity contribution is -0.121. The molecule has 1 unspecified atom stereocenters.